The quantitative estimate of drug-likeness (QED) is 0.775. The molecule has 0 atom stereocenters. The molecule has 0 unspecified atom stereocenters. The van der Waals surface area contributed by atoms with E-state index in [1.807, 2.05) is 25.3 Å². The Morgan fingerprint density at radius 1 is 1.44 bits per heavy atom. The Bertz CT molecular complexity index is 605. The van der Waals surface area contributed by atoms with E-state index in [1.54, 1.807) is 6.20 Å². The minimum absolute atomic E-state index is 0.753. The van der Waals surface area contributed by atoms with Gasteiger partial charge in [-0.3, -0.25) is 0 Å². The zero-order chi connectivity index (χ0) is 13.0. The second-order valence-corrected chi connectivity index (χ2v) is 4.10. The van der Waals surface area contributed by atoms with Crippen LogP contribution in [0.1, 0.15) is 29.4 Å². The van der Waals surface area contributed by atoms with E-state index in [2.05, 4.69) is 33.6 Å². The minimum Gasteiger partial charge on any atom is -0.498 e. The molecule has 0 amide bonds. The van der Waals surface area contributed by atoms with E-state index in [0.717, 1.165) is 29.9 Å². The molecule has 92 valence electrons. The summed E-state index contributed by atoms with van der Waals surface area (Å²) in [6.45, 7) is 4.79. The van der Waals surface area contributed by atoms with Crippen LogP contribution in [-0.4, -0.2) is 9.55 Å². The van der Waals surface area contributed by atoms with Crippen molar-refractivity contribution in [3.8, 4) is 6.07 Å². The lowest BCUT2D eigenvalue weighted by atomic mass is 9.99. The third-order valence-corrected chi connectivity index (χ3v) is 3.06. The van der Waals surface area contributed by atoms with Crippen molar-refractivity contribution >= 4 is 0 Å². The number of aryl methyl sites for hydroxylation is 1. The molecule has 0 aliphatic rings. The third-order valence-electron chi connectivity index (χ3n) is 3.06. The SMILES string of the molecule is CCc1c(C#[N+][O-])cccc1Cn1ccnc1C. The summed E-state index contributed by atoms with van der Waals surface area (Å²) < 4.78 is 2.08. The molecule has 0 saturated carbocycles. The second kappa shape index (κ2) is 5.37. The lowest BCUT2D eigenvalue weighted by Gasteiger charge is -2.10. The molecule has 0 aliphatic heterocycles. The van der Waals surface area contributed by atoms with Gasteiger partial charge >= 0.3 is 6.07 Å². The molecule has 18 heavy (non-hydrogen) atoms. The number of rotatable bonds is 3. The van der Waals surface area contributed by atoms with Gasteiger partial charge < -0.3 is 9.77 Å². The van der Waals surface area contributed by atoms with Crippen molar-refractivity contribution in [3.63, 3.8) is 0 Å². The fourth-order valence-corrected chi connectivity index (χ4v) is 2.11. The molecular weight excluding hydrogens is 226 g/mol. The third kappa shape index (κ3) is 2.35. The lowest BCUT2D eigenvalue weighted by molar-refractivity contribution is 0.753. The van der Waals surface area contributed by atoms with Crippen LogP contribution in [0.5, 0.6) is 0 Å². The van der Waals surface area contributed by atoms with Gasteiger partial charge in [0.05, 0.1) is 0 Å². The van der Waals surface area contributed by atoms with E-state index in [1.165, 1.54) is 5.56 Å². The first-order chi connectivity index (χ1) is 8.76. The standard InChI is InChI=1S/C14H15N3O/c1-3-14-12(9-16-18)5-4-6-13(14)10-17-8-7-15-11(17)2/h4-8H,3,10H2,1-2H3. The van der Waals surface area contributed by atoms with Crippen LogP contribution in [0.2, 0.25) is 0 Å². The smallest absolute Gasteiger partial charge is 0.336 e. The lowest BCUT2D eigenvalue weighted by Crippen LogP contribution is -2.05. The van der Waals surface area contributed by atoms with Crippen LogP contribution in [0.25, 0.3) is 5.01 Å². The summed E-state index contributed by atoms with van der Waals surface area (Å²) in [7, 11) is 0. The number of nitrogens with zero attached hydrogens (tertiary/aromatic N) is 3. The van der Waals surface area contributed by atoms with Crippen LogP contribution < -0.4 is 0 Å². The predicted molar refractivity (Wildman–Crippen MR) is 71.6 cm³/mol. The Hall–Kier alpha value is -2.28. The van der Waals surface area contributed by atoms with E-state index in [9.17, 15) is 5.21 Å². The Morgan fingerprint density at radius 2 is 2.28 bits per heavy atom. The molecule has 0 aliphatic carbocycles. The van der Waals surface area contributed by atoms with E-state index >= 15 is 0 Å². The Kier molecular flexibility index (Phi) is 3.63. The zero-order valence-corrected chi connectivity index (χ0v) is 10.6. The van der Waals surface area contributed by atoms with Crippen molar-refractivity contribution in [2.45, 2.75) is 26.8 Å². The van der Waals surface area contributed by atoms with E-state index in [0.29, 0.717) is 0 Å². The maximum Gasteiger partial charge on any atom is 0.336 e. The van der Waals surface area contributed by atoms with Crippen molar-refractivity contribution in [2.24, 2.45) is 0 Å². The van der Waals surface area contributed by atoms with E-state index in [-0.39, 0.29) is 0 Å². The summed E-state index contributed by atoms with van der Waals surface area (Å²) in [4.78, 5) is 4.21. The predicted octanol–water partition coefficient (Wildman–Crippen LogP) is 2.98. The van der Waals surface area contributed by atoms with Crippen molar-refractivity contribution in [1.82, 2.24) is 9.55 Å². The number of hydrogen-bond acceptors (Lipinski definition) is 2. The summed E-state index contributed by atoms with van der Waals surface area (Å²) in [5.41, 5.74) is 3.07. The minimum atomic E-state index is 0.753. The summed E-state index contributed by atoms with van der Waals surface area (Å²) in [5, 5.41) is 13.1. The van der Waals surface area contributed by atoms with Crippen LogP contribution >= 0.6 is 0 Å². The van der Waals surface area contributed by atoms with Gasteiger partial charge in [0.15, 0.2) is 0 Å². The van der Waals surface area contributed by atoms with Gasteiger partial charge in [0.25, 0.3) is 0 Å². The molecule has 0 radical (unpaired) electrons. The van der Waals surface area contributed by atoms with Gasteiger partial charge in [-0.2, -0.15) is 0 Å². The van der Waals surface area contributed by atoms with Crippen molar-refractivity contribution in [2.75, 3.05) is 0 Å². The Balaban J connectivity index is 2.41. The largest absolute Gasteiger partial charge is 0.498 e. The summed E-state index contributed by atoms with van der Waals surface area (Å²) >= 11 is 0. The van der Waals surface area contributed by atoms with Crippen molar-refractivity contribution in [1.29, 1.82) is 0 Å². The van der Waals surface area contributed by atoms with Gasteiger partial charge in [0.2, 0.25) is 0 Å². The zero-order valence-electron chi connectivity index (χ0n) is 10.6. The Morgan fingerprint density at radius 3 is 2.89 bits per heavy atom. The monoisotopic (exact) mass is 241 g/mol. The summed E-state index contributed by atoms with van der Waals surface area (Å²) in [6, 6.07) is 8.36. The fourth-order valence-electron chi connectivity index (χ4n) is 2.11. The maximum absolute atomic E-state index is 10.3. The first-order valence-corrected chi connectivity index (χ1v) is 5.93. The van der Waals surface area contributed by atoms with E-state index in [4.69, 9.17) is 0 Å². The molecule has 0 fully saturated rings. The van der Waals surface area contributed by atoms with Gasteiger partial charge in [-0.1, -0.05) is 19.1 Å². The van der Waals surface area contributed by atoms with Gasteiger partial charge in [-0.05, 0) is 30.5 Å². The molecular formula is C14H15N3O. The number of imidazole rings is 1. The van der Waals surface area contributed by atoms with Gasteiger partial charge in [-0.15, -0.1) is 0 Å². The summed E-state index contributed by atoms with van der Waals surface area (Å²) in [5.74, 6) is 0.976. The van der Waals surface area contributed by atoms with Gasteiger partial charge in [0, 0.05) is 23.9 Å². The molecule has 4 nitrogen and oxygen atoms in total. The highest BCUT2D eigenvalue weighted by Gasteiger charge is 2.09. The van der Waals surface area contributed by atoms with Crippen LogP contribution in [0, 0.1) is 18.2 Å². The molecule has 1 aromatic carbocycles. The van der Waals surface area contributed by atoms with Gasteiger partial charge in [-0.25, -0.2) is 4.98 Å². The highest BCUT2D eigenvalue weighted by atomic mass is 16.4. The molecule has 0 N–H and O–H groups in total. The molecule has 0 spiro atoms. The average molecular weight is 241 g/mol. The maximum atomic E-state index is 10.3. The summed E-state index contributed by atoms with van der Waals surface area (Å²) in [6.07, 6.45) is 4.59. The molecule has 4 heteroatoms. The number of hydrogen-bond donors (Lipinski definition) is 0. The first-order valence-electron chi connectivity index (χ1n) is 5.93. The number of aromatic nitrogens is 2. The molecule has 1 heterocycles. The van der Waals surface area contributed by atoms with Crippen LogP contribution in [0.15, 0.2) is 30.6 Å². The van der Waals surface area contributed by atoms with Gasteiger partial charge in [0.1, 0.15) is 11.4 Å². The first kappa shape index (κ1) is 12.2. The van der Waals surface area contributed by atoms with Crippen molar-refractivity contribution < 1.29 is 0 Å². The van der Waals surface area contributed by atoms with E-state index < -0.39 is 0 Å². The van der Waals surface area contributed by atoms with Crippen LogP contribution in [0.4, 0.5) is 0 Å². The molecule has 2 aromatic rings. The molecule has 1 aromatic heterocycles. The van der Waals surface area contributed by atoms with Crippen LogP contribution in [-0.2, 0) is 13.0 Å². The fraction of sp³-hybridized carbons (Fsp3) is 0.286. The topological polar surface area (TPSA) is 45.2 Å². The second-order valence-electron chi connectivity index (χ2n) is 4.10. The molecule has 2 rings (SSSR count). The average Bonchev–Trinajstić information content (AvgIpc) is 2.76. The molecule has 0 bridgehead atoms. The highest BCUT2D eigenvalue weighted by molar-refractivity contribution is 5.44. The highest BCUT2D eigenvalue weighted by Crippen LogP contribution is 2.17. The Labute approximate surface area is 106 Å². The van der Waals surface area contributed by atoms with Crippen LogP contribution in [0.3, 0.4) is 0 Å². The normalized spacial score (nSPS) is 9.89. The number of benzene rings is 1. The molecule has 0 saturated heterocycles. The van der Waals surface area contributed by atoms with Crippen molar-refractivity contribution in [3.05, 3.63) is 63.3 Å².